The van der Waals surface area contributed by atoms with Gasteiger partial charge in [0.15, 0.2) is 5.78 Å². The van der Waals surface area contributed by atoms with Crippen LogP contribution in [0.5, 0.6) is 0 Å². The third kappa shape index (κ3) is 3.95. The topological polar surface area (TPSA) is 76.0 Å². The fourth-order valence-electron chi connectivity index (χ4n) is 4.63. The molecule has 0 fully saturated rings. The van der Waals surface area contributed by atoms with E-state index in [4.69, 9.17) is 11.6 Å². The number of carbonyl (C=O) groups is 2. The minimum absolute atomic E-state index is 0.0977. The number of allylic oxidation sites excluding steroid dienone is 1. The van der Waals surface area contributed by atoms with Gasteiger partial charge in [0.25, 0.3) is 5.91 Å². The first-order valence-electron chi connectivity index (χ1n) is 11.0. The van der Waals surface area contributed by atoms with Crippen molar-refractivity contribution in [3.63, 3.8) is 0 Å². The molecule has 0 radical (unpaired) electrons. The number of ketones is 1. The zero-order valence-electron chi connectivity index (χ0n) is 18.8. The van der Waals surface area contributed by atoms with Gasteiger partial charge in [0.1, 0.15) is 11.4 Å². The summed E-state index contributed by atoms with van der Waals surface area (Å²) in [6.45, 7) is 6.17. The molecule has 1 aliphatic heterocycles. The average molecular weight is 461 g/mol. The monoisotopic (exact) mass is 460 g/mol. The first kappa shape index (κ1) is 21.5. The second kappa shape index (κ2) is 7.89. The Kier molecular flexibility index (Phi) is 5.13. The number of benzene rings is 2. The van der Waals surface area contributed by atoms with Gasteiger partial charge in [0, 0.05) is 22.7 Å². The van der Waals surface area contributed by atoms with Gasteiger partial charge in [-0.05, 0) is 48.6 Å². The van der Waals surface area contributed by atoms with Crippen molar-refractivity contribution in [3.8, 4) is 0 Å². The van der Waals surface area contributed by atoms with Crippen LogP contribution >= 0.6 is 11.6 Å². The molecule has 2 heterocycles. The van der Waals surface area contributed by atoms with Crippen LogP contribution in [0.4, 0.5) is 11.5 Å². The summed E-state index contributed by atoms with van der Waals surface area (Å²) in [5, 5.41) is 11.5. The van der Waals surface area contributed by atoms with Crippen LogP contribution in [0, 0.1) is 12.3 Å². The number of aryl methyl sites for hydroxylation is 1. The number of aromatic nitrogens is 2. The van der Waals surface area contributed by atoms with Crippen molar-refractivity contribution in [2.75, 3.05) is 10.6 Å². The lowest BCUT2D eigenvalue weighted by Crippen LogP contribution is -2.36. The van der Waals surface area contributed by atoms with Crippen LogP contribution < -0.4 is 10.6 Å². The highest BCUT2D eigenvalue weighted by Crippen LogP contribution is 2.47. The number of nitrogens with zero attached hydrogens (tertiary/aromatic N) is 2. The maximum absolute atomic E-state index is 13.3. The molecule has 0 saturated carbocycles. The summed E-state index contributed by atoms with van der Waals surface area (Å²) in [6, 6.07) is 14.7. The number of hydrogen-bond acceptors (Lipinski definition) is 4. The van der Waals surface area contributed by atoms with Gasteiger partial charge < -0.3 is 10.6 Å². The molecule has 1 amide bonds. The van der Waals surface area contributed by atoms with Crippen molar-refractivity contribution in [3.05, 3.63) is 82.0 Å². The molecular formula is C26H25ClN4O2. The van der Waals surface area contributed by atoms with Crippen LogP contribution in [0.15, 0.2) is 60.3 Å². The number of Topliss-reactive ketones (excluding diaryl/α,β-unsaturated/α-hetero) is 1. The van der Waals surface area contributed by atoms with Crippen molar-refractivity contribution in [2.45, 2.75) is 39.7 Å². The molecule has 1 atom stereocenters. The van der Waals surface area contributed by atoms with Crippen molar-refractivity contribution in [2.24, 2.45) is 5.41 Å². The number of fused-ring (bicyclic) bond motifs is 2. The Labute approximate surface area is 197 Å². The highest BCUT2D eigenvalue weighted by atomic mass is 35.5. The number of halogens is 1. The Balaban J connectivity index is 1.58. The summed E-state index contributed by atoms with van der Waals surface area (Å²) in [4.78, 5) is 26.4. The quantitative estimate of drug-likeness (QED) is 0.513. The van der Waals surface area contributed by atoms with E-state index in [1.165, 1.54) is 0 Å². The first-order valence-corrected chi connectivity index (χ1v) is 11.3. The number of carbonyl (C=O) groups excluding carboxylic acids is 2. The molecule has 2 N–H and O–H groups in total. The molecular weight excluding hydrogens is 436 g/mol. The van der Waals surface area contributed by atoms with Crippen LogP contribution in [0.2, 0.25) is 5.02 Å². The molecule has 2 aliphatic rings. The van der Waals surface area contributed by atoms with Gasteiger partial charge >= 0.3 is 0 Å². The van der Waals surface area contributed by atoms with Crippen molar-refractivity contribution >= 4 is 40.5 Å². The minimum atomic E-state index is -0.379. The third-order valence-corrected chi connectivity index (χ3v) is 6.50. The van der Waals surface area contributed by atoms with Gasteiger partial charge in [-0.2, -0.15) is 5.10 Å². The van der Waals surface area contributed by atoms with E-state index in [9.17, 15) is 9.59 Å². The van der Waals surface area contributed by atoms with Crippen molar-refractivity contribution in [1.82, 2.24) is 9.78 Å². The lowest BCUT2D eigenvalue weighted by molar-refractivity contribution is -0.118. The predicted molar refractivity (Wildman–Crippen MR) is 130 cm³/mol. The maximum Gasteiger partial charge on any atom is 0.261 e. The number of amides is 1. The Morgan fingerprint density at radius 3 is 2.52 bits per heavy atom. The van der Waals surface area contributed by atoms with Gasteiger partial charge in [0.2, 0.25) is 0 Å². The largest absolute Gasteiger partial charge is 0.358 e. The van der Waals surface area contributed by atoms with Crippen LogP contribution in [0.25, 0.3) is 5.70 Å². The fourth-order valence-corrected chi connectivity index (χ4v) is 4.75. The number of nitrogens with one attached hydrogen (secondary N) is 2. The summed E-state index contributed by atoms with van der Waals surface area (Å²) in [5.41, 5.74) is 4.54. The van der Waals surface area contributed by atoms with Crippen LogP contribution in [0.1, 0.15) is 54.2 Å². The first-order chi connectivity index (χ1) is 15.7. The van der Waals surface area contributed by atoms with Gasteiger partial charge in [-0.1, -0.05) is 55.3 Å². The SMILES string of the molecule is Cc1ccc(NC(=O)c2cnn3c2NC(c2ccc(Cl)cc2)C2=C3CC(C)(C)CC2=O)cc1. The van der Waals surface area contributed by atoms with E-state index in [-0.39, 0.29) is 23.1 Å². The normalized spacial score (nSPS) is 18.9. The van der Waals surface area contributed by atoms with E-state index in [2.05, 4.69) is 29.6 Å². The van der Waals surface area contributed by atoms with Gasteiger partial charge in [-0.25, -0.2) is 4.68 Å². The number of rotatable bonds is 3. The molecule has 0 bridgehead atoms. The lowest BCUT2D eigenvalue weighted by Gasteiger charge is -2.39. The van der Waals surface area contributed by atoms with E-state index >= 15 is 0 Å². The van der Waals surface area contributed by atoms with Crippen LogP contribution in [-0.2, 0) is 4.79 Å². The van der Waals surface area contributed by atoms with E-state index in [0.717, 1.165) is 16.8 Å². The van der Waals surface area contributed by atoms with Gasteiger partial charge in [-0.15, -0.1) is 0 Å². The second-order valence-corrected chi connectivity index (χ2v) is 10.0. The molecule has 168 valence electrons. The van der Waals surface area contributed by atoms with Crippen molar-refractivity contribution < 1.29 is 9.59 Å². The Hall–Kier alpha value is -3.38. The standard InChI is InChI=1S/C26H25ClN4O2/c1-15-4-10-18(11-5-15)29-25(33)19-14-28-31-20-12-26(2,3)13-21(32)22(20)23(30-24(19)31)16-6-8-17(27)9-7-16/h4-11,14,23,30H,12-13H2,1-3H3,(H,29,33). The minimum Gasteiger partial charge on any atom is -0.358 e. The van der Waals surface area contributed by atoms with Crippen LogP contribution in [-0.4, -0.2) is 21.5 Å². The fraction of sp³-hybridized carbons (Fsp3) is 0.269. The molecule has 5 rings (SSSR count). The average Bonchev–Trinajstić information content (AvgIpc) is 3.19. The van der Waals surface area contributed by atoms with Gasteiger partial charge in [0.05, 0.1) is 17.9 Å². The molecule has 1 aliphatic carbocycles. The molecule has 2 aromatic carbocycles. The van der Waals surface area contributed by atoms with E-state index in [0.29, 0.717) is 40.5 Å². The number of anilines is 2. The third-order valence-electron chi connectivity index (χ3n) is 6.25. The summed E-state index contributed by atoms with van der Waals surface area (Å²) >= 11 is 6.10. The zero-order valence-corrected chi connectivity index (χ0v) is 19.5. The molecule has 1 aromatic heterocycles. The molecule has 33 heavy (non-hydrogen) atoms. The molecule has 0 spiro atoms. The lowest BCUT2D eigenvalue weighted by atomic mass is 9.73. The highest BCUT2D eigenvalue weighted by Gasteiger charge is 2.42. The summed E-state index contributed by atoms with van der Waals surface area (Å²) in [6.07, 6.45) is 2.72. The highest BCUT2D eigenvalue weighted by molar-refractivity contribution is 6.30. The summed E-state index contributed by atoms with van der Waals surface area (Å²) < 4.78 is 1.73. The van der Waals surface area contributed by atoms with Crippen molar-refractivity contribution in [1.29, 1.82) is 0 Å². The smallest absolute Gasteiger partial charge is 0.261 e. The summed E-state index contributed by atoms with van der Waals surface area (Å²) in [7, 11) is 0. The predicted octanol–water partition coefficient (Wildman–Crippen LogP) is 5.86. The second-order valence-electron chi connectivity index (χ2n) is 9.57. The van der Waals surface area contributed by atoms with E-state index in [1.807, 2.05) is 55.5 Å². The van der Waals surface area contributed by atoms with E-state index < -0.39 is 0 Å². The molecule has 3 aromatic rings. The molecule has 7 heteroatoms. The van der Waals surface area contributed by atoms with Gasteiger partial charge in [-0.3, -0.25) is 9.59 Å². The Morgan fingerprint density at radius 2 is 1.82 bits per heavy atom. The maximum atomic E-state index is 13.3. The van der Waals surface area contributed by atoms with E-state index in [1.54, 1.807) is 10.9 Å². The van der Waals surface area contributed by atoms with Crippen LogP contribution in [0.3, 0.4) is 0 Å². The molecule has 6 nitrogen and oxygen atoms in total. The summed E-state index contributed by atoms with van der Waals surface area (Å²) in [5.74, 6) is 0.428. The Morgan fingerprint density at radius 1 is 1.12 bits per heavy atom. The number of hydrogen-bond donors (Lipinski definition) is 2. The molecule has 1 unspecified atom stereocenters. The molecule has 0 saturated heterocycles. The Bertz CT molecular complexity index is 1290. The zero-order chi connectivity index (χ0) is 23.3.